The van der Waals surface area contributed by atoms with Crippen LogP contribution in [0.25, 0.3) is 0 Å². The van der Waals surface area contributed by atoms with Gasteiger partial charge in [0.2, 0.25) is 0 Å². The first-order valence-corrected chi connectivity index (χ1v) is 4.49. The highest BCUT2D eigenvalue weighted by molar-refractivity contribution is 5.04. The highest BCUT2D eigenvalue weighted by Gasteiger charge is 2.30. The van der Waals surface area contributed by atoms with Gasteiger partial charge in [-0.1, -0.05) is 11.6 Å². The fourth-order valence-corrected chi connectivity index (χ4v) is 1.52. The molecular formula is C9H16F2N2. The van der Waals surface area contributed by atoms with E-state index in [1.165, 1.54) is 5.57 Å². The number of nitrogens with zero attached hydrogens (tertiary/aromatic N) is 1. The zero-order chi connectivity index (χ0) is 9.90. The zero-order valence-corrected chi connectivity index (χ0v) is 7.89. The number of alkyl halides is 2. The lowest BCUT2D eigenvalue weighted by Crippen LogP contribution is -2.43. The minimum Gasteiger partial charge on any atom is -0.325 e. The van der Waals surface area contributed by atoms with E-state index in [-0.39, 0.29) is 6.54 Å². The third-order valence-electron chi connectivity index (χ3n) is 2.16. The summed E-state index contributed by atoms with van der Waals surface area (Å²) in [7, 11) is 0. The zero-order valence-electron chi connectivity index (χ0n) is 7.89. The fourth-order valence-electron chi connectivity index (χ4n) is 1.52. The fraction of sp³-hybridized carbons (Fsp3) is 0.778. The molecule has 0 amide bonds. The molecule has 13 heavy (non-hydrogen) atoms. The average molecular weight is 190 g/mol. The van der Waals surface area contributed by atoms with Gasteiger partial charge in [-0.3, -0.25) is 4.90 Å². The van der Waals surface area contributed by atoms with Crippen molar-refractivity contribution >= 4 is 0 Å². The Bertz CT molecular complexity index is 202. The van der Waals surface area contributed by atoms with Crippen molar-refractivity contribution in [1.29, 1.82) is 0 Å². The molecule has 1 aliphatic heterocycles. The number of hydrogen-bond acceptors (Lipinski definition) is 2. The molecule has 0 saturated carbocycles. The van der Waals surface area contributed by atoms with Gasteiger partial charge < -0.3 is 5.73 Å². The van der Waals surface area contributed by atoms with Crippen molar-refractivity contribution in [2.45, 2.75) is 19.3 Å². The molecule has 4 heteroatoms. The second-order valence-electron chi connectivity index (χ2n) is 3.61. The molecule has 0 radical (unpaired) electrons. The first-order chi connectivity index (χ1) is 6.03. The van der Waals surface area contributed by atoms with Crippen LogP contribution in [0.1, 0.15) is 13.3 Å². The van der Waals surface area contributed by atoms with Gasteiger partial charge in [0.15, 0.2) is 0 Å². The Hall–Kier alpha value is -0.480. The largest absolute Gasteiger partial charge is 0.325 e. The summed E-state index contributed by atoms with van der Waals surface area (Å²) in [4.78, 5) is 1.75. The standard InChI is InChI=1S/C9H16F2N2/c1-8-3-2-4-13(5-8)7-9(10,11)6-12/h3H,2,4-7,12H2,1H3. The topological polar surface area (TPSA) is 29.3 Å². The van der Waals surface area contributed by atoms with Crippen LogP contribution in [0, 0.1) is 0 Å². The van der Waals surface area contributed by atoms with E-state index in [4.69, 9.17) is 5.73 Å². The van der Waals surface area contributed by atoms with Crippen LogP contribution in [-0.4, -0.2) is 37.0 Å². The quantitative estimate of drug-likeness (QED) is 0.678. The lowest BCUT2D eigenvalue weighted by molar-refractivity contribution is -0.0219. The molecule has 0 saturated heterocycles. The van der Waals surface area contributed by atoms with Crippen molar-refractivity contribution in [3.8, 4) is 0 Å². The maximum Gasteiger partial charge on any atom is 0.272 e. The van der Waals surface area contributed by atoms with E-state index in [1.807, 2.05) is 6.92 Å². The minimum atomic E-state index is -2.74. The van der Waals surface area contributed by atoms with Crippen LogP contribution in [0.3, 0.4) is 0 Å². The Morgan fingerprint density at radius 3 is 2.85 bits per heavy atom. The summed E-state index contributed by atoms with van der Waals surface area (Å²) >= 11 is 0. The highest BCUT2D eigenvalue weighted by atomic mass is 19.3. The van der Waals surface area contributed by atoms with Crippen LogP contribution in [0.4, 0.5) is 8.78 Å². The van der Waals surface area contributed by atoms with Crippen molar-refractivity contribution < 1.29 is 8.78 Å². The van der Waals surface area contributed by atoms with Crippen LogP contribution in [0.2, 0.25) is 0 Å². The molecule has 2 N–H and O–H groups in total. The molecule has 76 valence electrons. The molecular weight excluding hydrogens is 174 g/mol. The maximum absolute atomic E-state index is 12.9. The summed E-state index contributed by atoms with van der Waals surface area (Å²) < 4.78 is 25.8. The van der Waals surface area contributed by atoms with Crippen LogP contribution in [0.15, 0.2) is 11.6 Å². The molecule has 1 heterocycles. The average Bonchev–Trinajstić information content (AvgIpc) is 2.03. The summed E-state index contributed by atoms with van der Waals surface area (Å²) in [6.45, 7) is 2.55. The second kappa shape index (κ2) is 4.15. The van der Waals surface area contributed by atoms with Gasteiger partial charge in [0.25, 0.3) is 5.92 Å². The van der Waals surface area contributed by atoms with Gasteiger partial charge in [-0.2, -0.15) is 0 Å². The van der Waals surface area contributed by atoms with Crippen molar-refractivity contribution in [3.63, 3.8) is 0 Å². The second-order valence-corrected chi connectivity index (χ2v) is 3.61. The van der Waals surface area contributed by atoms with Gasteiger partial charge in [0.05, 0.1) is 13.1 Å². The normalized spacial score (nSPS) is 20.2. The number of halogens is 2. The summed E-state index contributed by atoms with van der Waals surface area (Å²) in [6, 6.07) is 0. The van der Waals surface area contributed by atoms with E-state index in [9.17, 15) is 8.78 Å². The molecule has 0 spiro atoms. The minimum absolute atomic E-state index is 0.214. The number of rotatable bonds is 3. The number of hydrogen-bond donors (Lipinski definition) is 1. The van der Waals surface area contributed by atoms with E-state index < -0.39 is 12.5 Å². The van der Waals surface area contributed by atoms with Gasteiger partial charge in [0.1, 0.15) is 0 Å². The van der Waals surface area contributed by atoms with Crippen LogP contribution >= 0.6 is 0 Å². The van der Waals surface area contributed by atoms with Crippen molar-refractivity contribution in [3.05, 3.63) is 11.6 Å². The number of nitrogens with two attached hydrogens (primary N) is 1. The molecule has 1 aliphatic rings. The van der Waals surface area contributed by atoms with E-state index in [2.05, 4.69) is 6.08 Å². The van der Waals surface area contributed by atoms with Gasteiger partial charge in [-0.05, 0) is 13.3 Å². The Kier molecular flexibility index (Phi) is 3.39. The van der Waals surface area contributed by atoms with Gasteiger partial charge in [-0.25, -0.2) is 8.78 Å². The Morgan fingerprint density at radius 2 is 2.31 bits per heavy atom. The Labute approximate surface area is 77.4 Å². The molecule has 2 nitrogen and oxygen atoms in total. The molecule has 0 atom stereocenters. The lowest BCUT2D eigenvalue weighted by atomic mass is 10.1. The van der Waals surface area contributed by atoms with Crippen LogP contribution in [-0.2, 0) is 0 Å². The van der Waals surface area contributed by atoms with E-state index in [0.29, 0.717) is 13.1 Å². The monoisotopic (exact) mass is 190 g/mol. The Morgan fingerprint density at radius 1 is 1.62 bits per heavy atom. The third kappa shape index (κ3) is 3.40. The maximum atomic E-state index is 12.9. The molecule has 0 aromatic carbocycles. The molecule has 0 aromatic rings. The van der Waals surface area contributed by atoms with Gasteiger partial charge >= 0.3 is 0 Å². The Balaban J connectivity index is 2.42. The summed E-state index contributed by atoms with van der Waals surface area (Å²) in [5.74, 6) is -2.74. The summed E-state index contributed by atoms with van der Waals surface area (Å²) in [5.41, 5.74) is 6.13. The third-order valence-corrected chi connectivity index (χ3v) is 2.16. The molecule has 1 rings (SSSR count). The molecule has 0 unspecified atom stereocenters. The smallest absolute Gasteiger partial charge is 0.272 e. The molecule has 0 aliphatic carbocycles. The van der Waals surface area contributed by atoms with Crippen molar-refractivity contribution in [2.75, 3.05) is 26.2 Å². The first-order valence-electron chi connectivity index (χ1n) is 4.49. The van der Waals surface area contributed by atoms with Crippen molar-refractivity contribution in [2.24, 2.45) is 5.73 Å². The van der Waals surface area contributed by atoms with Crippen molar-refractivity contribution in [1.82, 2.24) is 4.90 Å². The molecule has 0 bridgehead atoms. The van der Waals surface area contributed by atoms with E-state index >= 15 is 0 Å². The summed E-state index contributed by atoms with van der Waals surface area (Å²) in [6.07, 6.45) is 2.96. The predicted molar refractivity (Wildman–Crippen MR) is 48.8 cm³/mol. The molecule has 0 fully saturated rings. The van der Waals surface area contributed by atoms with Gasteiger partial charge in [-0.15, -0.1) is 0 Å². The van der Waals surface area contributed by atoms with Crippen LogP contribution < -0.4 is 5.73 Å². The van der Waals surface area contributed by atoms with Gasteiger partial charge in [0, 0.05) is 13.1 Å². The first kappa shape index (κ1) is 10.6. The lowest BCUT2D eigenvalue weighted by Gasteiger charge is -2.29. The highest BCUT2D eigenvalue weighted by Crippen LogP contribution is 2.17. The van der Waals surface area contributed by atoms with E-state index in [0.717, 1.165) is 6.42 Å². The SMILES string of the molecule is CC1=CCCN(CC(F)(F)CN)C1. The van der Waals surface area contributed by atoms with E-state index in [1.54, 1.807) is 4.90 Å². The predicted octanol–water partition coefficient (Wildman–Crippen LogP) is 1.23. The molecule has 0 aromatic heterocycles. The van der Waals surface area contributed by atoms with Crippen LogP contribution in [0.5, 0.6) is 0 Å². The summed E-state index contributed by atoms with van der Waals surface area (Å²) in [5, 5.41) is 0.